The van der Waals surface area contributed by atoms with Crippen molar-refractivity contribution in [2.24, 2.45) is 0 Å². The van der Waals surface area contributed by atoms with E-state index in [0.29, 0.717) is 12.2 Å². The Morgan fingerprint density at radius 3 is 2.46 bits per heavy atom. The van der Waals surface area contributed by atoms with Gasteiger partial charge in [0.25, 0.3) is 5.91 Å². The fourth-order valence-electron chi connectivity index (χ4n) is 2.90. The number of carbonyl (C=O) groups excluding carboxylic acids is 1. The summed E-state index contributed by atoms with van der Waals surface area (Å²) < 4.78 is 3.80. The van der Waals surface area contributed by atoms with E-state index in [9.17, 15) is 4.79 Å². The Morgan fingerprint density at radius 2 is 1.88 bits per heavy atom. The number of carbonyl (C=O) groups is 1. The number of aromatic nitrogens is 5. The summed E-state index contributed by atoms with van der Waals surface area (Å²) in [7, 11) is 0. The van der Waals surface area contributed by atoms with Gasteiger partial charge < -0.3 is 9.88 Å². The predicted molar refractivity (Wildman–Crippen MR) is 101 cm³/mol. The fourth-order valence-corrected chi connectivity index (χ4v) is 2.90. The molecule has 7 nitrogen and oxygen atoms in total. The smallest absolute Gasteiger partial charge is 0.278 e. The second-order valence-electron chi connectivity index (χ2n) is 6.24. The number of hydrogen-bond donors (Lipinski definition) is 1. The molecule has 0 radical (unpaired) electrons. The molecule has 3 aromatic rings. The molecule has 26 heavy (non-hydrogen) atoms. The van der Waals surface area contributed by atoms with Crippen LogP contribution in [0.1, 0.15) is 47.8 Å². The molecule has 2 heterocycles. The second kappa shape index (κ2) is 7.51. The number of imidazole rings is 1. The number of amides is 1. The molecule has 0 unspecified atom stereocenters. The highest BCUT2D eigenvalue weighted by Gasteiger charge is 2.18. The van der Waals surface area contributed by atoms with Crippen LogP contribution in [-0.4, -0.2) is 30.5 Å². The van der Waals surface area contributed by atoms with E-state index in [4.69, 9.17) is 0 Å². The van der Waals surface area contributed by atoms with E-state index < -0.39 is 0 Å². The summed E-state index contributed by atoms with van der Waals surface area (Å²) in [4.78, 5) is 16.9. The maximum Gasteiger partial charge on any atom is 0.278 e. The van der Waals surface area contributed by atoms with Crippen molar-refractivity contribution in [2.45, 2.75) is 47.1 Å². The normalized spacial score (nSPS) is 10.9. The third-order valence-electron chi connectivity index (χ3n) is 4.49. The summed E-state index contributed by atoms with van der Waals surface area (Å²) in [5.74, 6) is -0.226. The Kier molecular flexibility index (Phi) is 5.16. The van der Waals surface area contributed by atoms with Gasteiger partial charge in [-0.1, -0.05) is 18.6 Å². The van der Waals surface area contributed by atoms with E-state index in [-0.39, 0.29) is 5.91 Å². The third-order valence-corrected chi connectivity index (χ3v) is 4.49. The monoisotopic (exact) mass is 352 g/mol. The minimum absolute atomic E-state index is 0.226. The number of anilines is 1. The first-order chi connectivity index (χ1) is 12.5. The van der Waals surface area contributed by atoms with Crippen LogP contribution in [-0.2, 0) is 13.0 Å². The predicted octanol–water partition coefficient (Wildman–Crippen LogP) is 3.31. The van der Waals surface area contributed by atoms with Gasteiger partial charge in [-0.05, 0) is 51.5 Å². The van der Waals surface area contributed by atoms with E-state index in [0.717, 1.165) is 41.3 Å². The molecule has 0 saturated heterocycles. The Balaban J connectivity index is 1.78. The highest BCUT2D eigenvalue weighted by atomic mass is 16.2. The Hall–Kier alpha value is -2.96. The van der Waals surface area contributed by atoms with Gasteiger partial charge >= 0.3 is 0 Å². The Morgan fingerprint density at radius 1 is 1.15 bits per heavy atom. The van der Waals surface area contributed by atoms with Gasteiger partial charge in [0.05, 0.1) is 17.7 Å². The van der Waals surface area contributed by atoms with Crippen LogP contribution in [0.25, 0.3) is 5.69 Å². The zero-order valence-corrected chi connectivity index (χ0v) is 15.7. The third kappa shape index (κ3) is 3.37. The zero-order valence-electron chi connectivity index (χ0n) is 15.7. The first kappa shape index (κ1) is 17.8. The lowest BCUT2D eigenvalue weighted by molar-refractivity contribution is 0.102. The Bertz CT molecular complexity index is 907. The van der Waals surface area contributed by atoms with Crippen molar-refractivity contribution < 1.29 is 4.79 Å². The minimum atomic E-state index is -0.226. The van der Waals surface area contributed by atoms with Crippen LogP contribution in [0.4, 0.5) is 5.69 Å². The lowest BCUT2D eigenvalue weighted by Crippen LogP contribution is -2.15. The molecule has 0 atom stereocenters. The van der Waals surface area contributed by atoms with Gasteiger partial charge in [0.2, 0.25) is 0 Å². The topological polar surface area (TPSA) is 77.6 Å². The van der Waals surface area contributed by atoms with Crippen LogP contribution in [0, 0.1) is 13.8 Å². The number of nitrogens with one attached hydrogen (secondary N) is 1. The lowest BCUT2D eigenvalue weighted by Gasteiger charge is -2.09. The van der Waals surface area contributed by atoms with Crippen molar-refractivity contribution in [3.63, 3.8) is 0 Å². The van der Waals surface area contributed by atoms with Gasteiger partial charge in [-0.2, -0.15) is 0 Å². The average molecular weight is 352 g/mol. The van der Waals surface area contributed by atoms with Gasteiger partial charge in [0, 0.05) is 23.6 Å². The average Bonchev–Trinajstić information content (AvgIpc) is 3.20. The van der Waals surface area contributed by atoms with Gasteiger partial charge in [0.1, 0.15) is 0 Å². The van der Waals surface area contributed by atoms with E-state index in [2.05, 4.69) is 27.5 Å². The summed E-state index contributed by atoms with van der Waals surface area (Å²) in [6, 6.07) is 7.68. The van der Waals surface area contributed by atoms with Crippen LogP contribution in [0.15, 0.2) is 30.6 Å². The Labute approximate surface area is 153 Å². The molecular formula is C19H24N6O. The van der Waals surface area contributed by atoms with E-state index >= 15 is 0 Å². The largest absolute Gasteiger partial charge is 0.321 e. The molecule has 2 aromatic heterocycles. The van der Waals surface area contributed by atoms with E-state index in [1.165, 1.54) is 0 Å². The lowest BCUT2D eigenvalue weighted by atomic mass is 10.2. The number of hydrogen-bond acceptors (Lipinski definition) is 4. The summed E-state index contributed by atoms with van der Waals surface area (Å²) in [6.07, 6.45) is 3.52. The quantitative estimate of drug-likeness (QED) is 0.738. The molecular weight excluding hydrogens is 328 g/mol. The molecule has 0 aliphatic carbocycles. The molecule has 0 spiro atoms. The van der Waals surface area contributed by atoms with Crippen LogP contribution in [0.2, 0.25) is 0 Å². The van der Waals surface area contributed by atoms with Crippen molar-refractivity contribution in [3.05, 3.63) is 53.4 Å². The first-order valence-electron chi connectivity index (χ1n) is 8.89. The highest BCUT2D eigenvalue weighted by molar-refractivity contribution is 6.03. The summed E-state index contributed by atoms with van der Waals surface area (Å²) in [6.45, 7) is 8.79. The molecule has 0 bridgehead atoms. The molecule has 1 aromatic carbocycles. The number of aryl methyl sites for hydroxylation is 2. The number of rotatable bonds is 6. The standard InChI is InChI=1S/C19H24N6O/c1-5-7-17-18(22-23-25(17)6-2)19(26)21-15-8-10-16(11-9-15)24-12-20-13(3)14(24)4/h8-12H,5-7H2,1-4H3,(H,21,26). The van der Waals surface area contributed by atoms with Gasteiger partial charge in [0.15, 0.2) is 5.69 Å². The molecule has 0 fully saturated rings. The van der Waals surface area contributed by atoms with Gasteiger partial charge in [-0.15, -0.1) is 5.10 Å². The number of nitrogens with zero attached hydrogens (tertiary/aromatic N) is 5. The van der Waals surface area contributed by atoms with Crippen molar-refractivity contribution in [3.8, 4) is 5.69 Å². The van der Waals surface area contributed by atoms with Crippen molar-refractivity contribution in [1.29, 1.82) is 0 Å². The van der Waals surface area contributed by atoms with Crippen LogP contribution >= 0.6 is 0 Å². The summed E-state index contributed by atoms with van der Waals surface area (Å²) in [5, 5.41) is 11.1. The molecule has 1 N–H and O–H groups in total. The zero-order chi connectivity index (χ0) is 18.7. The summed E-state index contributed by atoms with van der Waals surface area (Å²) in [5.41, 5.74) is 5.12. The maximum atomic E-state index is 12.6. The van der Waals surface area contributed by atoms with Crippen molar-refractivity contribution in [1.82, 2.24) is 24.5 Å². The van der Waals surface area contributed by atoms with Gasteiger partial charge in [-0.25, -0.2) is 9.67 Å². The molecule has 3 rings (SSSR count). The first-order valence-corrected chi connectivity index (χ1v) is 8.89. The number of benzene rings is 1. The molecule has 1 amide bonds. The van der Waals surface area contributed by atoms with Crippen molar-refractivity contribution in [2.75, 3.05) is 5.32 Å². The maximum absolute atomic E-state index is 12.6. The fraction of sp³-hybridized carbons (Fsp3) is 0.368. The molecule has 0 aliphatic heterocycles. The summed E-state index contributed by atoms with van der Waals surface area (Å²) >= 11 is 0. The second-order valence-corrected chi connectivity index (χ2v) is 6.24. The van der Waals surface area contributed by atoms with Crippen LogP contribution in [0.3, 0.4) is 0 Å². The highest BCUT2D eigenvalue weighted by Crippen LogP contribution is 2.18. The van der Waals surface area contributed by atoms with Crippen LogP contribution in [0.5, 0.6) is 0 Å². The van der Waals surface area contributed by atoms with Crippen molar-refractivity contribution >= 4 is 11.6 Å². The molecule has 0 saturated carbocycles. The molecule has 0 aliphatic rings. The van der Waals surface area contributed by atoms with Crippen LogP contribution < -0.4 is 5.32 Å². The van der Waals surface area contributed by atoms with E-state index in [1.54, 1.807) is 11.0 Å². The molecule has 7 heteroatoms. The minimum Gasteiger partial charge on any atom is -0.321 e. The molecule has 136 valence electrons. The van der Waals surface area contributed by atoms with E-state index in [1.807, 2.05) is 49.6 Å². The van der Waals surface area contributed by atoms with Gasteiger partial charge in [-0.3, -0.25) is 4.79 Å². The SMILES string of the molecule is CCCc1c(C(=O)Nc2ccc(-n3cnc(C)c3C)cc2)nnn1CC.